The number of carbonyl (C=O) groups excluding carboxylic acids is 1. The molecule has 7 heteroatoms. The molecular weight excluding hydrogens is 357 g/mol. The third kappa shape index (κ3) is 2.87. The molecule has 1 N–H and O–H groups in total. The predicted molar refractivity (Wildman–Crippen MR) is 100 cm³/mol. The van der Waals surface area contributed by atoms with Gasteiger partial charge in [-0.2, -0.15) is 5.10 Å². The van der Waals surface area contributed by atoms with Gasteiger partial charge >= 0.3 is 0 Å². The Morgan fingerprint density at radius 1 is 1.24 bits per heavy atom. The first-order valence-corrected chi connectivity index (χ1v) is 9.72. The second kappa shape index (κ2) is 6.31. The van der Waals surface area contributed by atoms with Crippen LogP contribution in [0.4, 0.5) is 10.2 Å². The van der Waals surface area contributed by atoms with Gasteiger partial charge in [-0.1, -0.05) is 6.07 Å². The van der Waals surface area contributed by atoms with Gasteiger partial charge in [-0.15, -0.1) is 23.1 Å². The van der Waals surface area contributed by atoms with Gasteiger partial charge in [0.2, 0.25) is 5.91 Å². The molecule has 0 saturated carbocycles. The molecule has 0 saturated heterocycles. The molecule has 0 spiro atoms. The summed E-state index contributed by atoms with van der Waals surface area (Å²) in [5, 5.41) is 9.54. The number of fused-ring (bicyclic) bond motifs is 1. The van der Waals surface area contributed by atoms with Crippen molar-refractivity contribution < 1.29 is 9.18 Å². The van der Waals surface area contributed by atoms with E-state index in [4.69, 9.17) is 0 Å². The number of carbonyl (C=O) groups is 1. The second-order valence-electron chi connectivity index (χ2n) is 5.90. The molecule has 1 aliphatic rings. The van der Waals surface area contributed by atoms with E-state index >= 15 is 0 Å². The number of hydrogen-bond donors (Lipinski definition) is 1. The molecule has 0 fully saturated rings. The maximum atomic E-state index is 13.3. The molecule has 1 amide bonds. The number of nitrogens with zero attached hydrogens (tertiary/aromatic N) is 2. The molecular formula is C18H16FN3OS2. The molecule has 2 aromatic heterocycles. The first kappa shape index (κ1) is 16.4. The van der Waals surface area contributed by atoms with Crippen LogP contribution >= 0.6 is 23.1 Å². The van der Waals surface area contributed by atoms with Crippen LogP contribution in [0.3, 0.4) is 0 Å². The molecule has 0 unspecified atom stereocenters. The van der Waals surface area contributed by atoms with Crippen molar-refractivity contribution >= 4 is 34.8 Å². The van der Waals surface area contributed by atoms with Crippen LogP contribution in [0.25, 0.3) is 5.69 Å². The smallest absolute Gasteiger partial charge is 0.238 e. The van der Waals surface area contributed by atoms with Crippen LogP contribution in [0, 0.1) is 12.7 Å². The minimum Gasteiger partial charge on any atom is -0.309 e. The Balaban J connectivity index is 1.90. The Kier molecular flexibility index (Phi) is 4.13. The predicted octanol–water partition coefficient (Wildman–Crippen LogP) is 4.54. The van der Waals surface area contributed by atoms with Crippen molar-refractivity contribution in [3.63, 3.8) is 0 Å². The van der Waals surface area contributed by atoms with E-state index in [1.165, 1.54) is 17.0 Å². The van der Waals surface area contributed by atoms with Gasteiger partial charge in [0.1, 0.15) is 11.6 Å². The van der Waals surface area contributed by atoms with Crippen molar-refractivity contribution in [1.82, 2.24) is 9.78 Å². The van der Waals surface area contributed by atoms with Crippen molar-refractivity contribution in [3.05, 3.63) is 63.7 Å². The van der Waals surface area contributed by atoms with Crippen molar-refractivity contribution in [2.45, 2.75) is 24.3 Å². The highest BCUT2D eigenvalue weighted by atomic mass is 32.2. The minimum atomic E-state index is -0.302. The molecule has 25 heavy (non-hydrogen) atoms. The summed E-state index contributed by atoms with van der Waals surface area (Å²) >= 11 is 3.30. The first-order valence-electron chi connectivity index (χ1n) is 7.90. The highest BCUT2D eigenvalue weighted by Gasteiger charge is 2.34. The lowest BCUT2D eigenvalue weighted by molar-refractivity contribution is -0.115. The molecule has 3 aromatic rings. The monoisotopic (exact) mass is 373 g/mol. The van der Waals surface area contributed by atoms with Crippen molar-refractivity contribution in [2.75, 3.05) is 5.32 Å². The van der Waals surface area contributed by atoms with E-state index in [0.29, 0.717) is 5.82 Å². The topological polar surface area (TPSA) is 46.9 Å². The van der Waals surface area contributed by atoms with Crippen LogP contribution in [0.5, 0.6) is 0 Å². The summed E-state index contributed by atoms with van der Waals surface area (Å²) < 4.78 is 15.0. The zero-order valence-corrected chi connectivity index (χ0v) is 15.3. The van der Waals surface area contributed by atoms with E-state index in [-0.39, 0.29) is 22.2 Å². The van der Waals surface area contributed by atoms with E-state index in [1.807, 2.05) is 25.3 Å². The first-order chi connectivity index (χ1) is 12.0. The number of thiophene rings is 1. The number of thioether (sulfide) groups is 1. The van der Waals surface area contributed by atoms with E-state index in [2.05, 4.69) is 16.5 Å². The summed E-state index contributed by atoms with van der Waals surface area (Å²) in [6, 6.07) is 10.2. The van der Waals surface area contributed by atoms with Crippen LogP contribution in [-0.2, 0) is 4.79 Å². The number of anilines is 1. The lowest BCUT2D eigenvalue weighted by Crippen LogP contribution is -2.22. The lowest BCUT2D eigenvalue weighted by Gasteiger charge is -2.15. The summed E-state index contributed by atoms with van der Waals surface area (Å²) in [6.07, 6.45) is 0. The van der Waals surface area contributed by atoms with Crippen LogP contribution in [0.15, 0.2) is 41.8 Å². The Morgan fingerprint density at radius 3 is 2.68 bits per heavy atom. The van der Waals surface area contributed by atoms with Gasteiger partial charge in [0.15, 0.2) is 0 Å². The van der Waals surface area contributed by atoms with Gasteiger partial charge in [0.25, 0.3) is 0 Å². The van der Waals surface area contributed by atoms with E-state index in [0.717, 1.165) is 16.9 Å². The van der Waals surface area contributed by atoms with Crippen LogP contribution in [0.2, 0.25) is 0 Å². The third-order valence-electron chi connectivity index (χ3n) is 4.19. The average molecular weight is 373 g/mol. The molecule has 0 aliphatic carbocycles. The largest absolute Gasteiger partial charge is 0.309 e. The quantitative estimate of drug-likeness (QED) is 0.717. The molecule has 4 nitrogen and oxygen atoms in total. The minimum absolute atomic E-state index is 0.0400. The summed E-state index contributed by atoms with van der Waals surface area (Å²) in [7, 11) is 0. The van der Waals surface area contributed by atoms with Gasteiger partial charge in [-0.3, -0.25) is 4.79 Å². The number of aromatic nitrogens is 2. The number of halogens is 1. The average Bonchev–Trinajstić information content (AvgIpc) is 3.19. The molecule has 3 heterocycles. The van der Waals surface area contributed by atoms with Crippen molar-refractivity contribution in [3.8, 4) is 5.69 Å². The molecule has 128 valence electrons. The number of benzene rings is 1. The Labute approximate surface area is 153 Å². The summed E-state index contributed by atoms with van der Waals surface area (Å²) in [5.41, 5.74) is 2.59. The standard InChI is InChI=1S/C18H16FN3OS2/c1-10-15-16(14-4-3-9-24-14)25-11(2)18(23)20-17(15)22(21-10)13-7-5-12(19)6-8-13/h3-9,11,16H,1-2H3,(H,20,23)/t11-,16-/m1/s1. The maximum absolute atomic E-state index is 13.3. The van der Waals surface area contributed by atoms with E-state index in [9.17, 15) is 9.18 Å². The summed E-state index contributed by atoms with van der Waals surface area (Å²) in [6.45, 7) is 3.86. The molecule has 2 atom stereocenters. The summed E-state index contributed by atoms with van der Waals surface area (Å²) in [4.78, 5) is 13.7. The zero-order chi connectivity index (χ0) is 17.6. The molecule has 0 bridgehead atoms. The zero-order valence-electron chi connectivity index (χ0n) is 13.7. The Bertz CT molecular complexity index is 919. The van der Waals surface area contributed by atoms with Gasteiger partial charge < -0.3 is 5.32 Å². The Morgan fingerprint density at radius 2 is 2.00 bits per heavy atom. The number of nitrogens with one attached hydrogen (secondary N) is 1. The SMILES string of the molecule is Cc1nn(-c2ccc(F)cc2)c2c1[C@@H](c1cccs1)S[C@H](C)C(=O)N2. The van der Waals surface area contributed by atoms with Gasteiger partial charge in [-0.05, 0) is 49.6 Å². The fourth-order valence-electron chi connectivity index (χ4n) is 2.94. The highest BCUT2D eigenvalue weighted by molar-refractivity contribution is 8.01. The van der Waals surface area contributed by atoms with Crippen LogP contribution in [0.1, 0.15) is 28.3 Å². The third-order valence-corrected chi connectivity index (χ3v) is 6.66. The lowest BCUT2D eigenvalue weighted by atomic mass is 10.1. The number of amides is 1. The highest BCUT2D eigenvalue weighted by Crippen LogP contribution is 2.47. The fourth-order valence-corrected chi connectivity index (χ4v) is 5.21. The molecule has 0 radical (unpaired) electrons. The van der Waals surface area contributed by atoms with E-state index in [1.54, 1.807) is 39.9 Å². The second-order valence-corrected chi connectivity index (χ2v) is 8.33. The fraction of sp³-hybridized carbons (Fsp3) is 0.222. The van der Waals surface area contributed by atoms with Gasteiger partial charge in [0, 0.05) is 10.4 Å². The molecule has 4 rings (SSSR count). The van der Waals surface area contributed by atoms with Gasteiger partial charge in [-0.25, -0.2) is 9.07 Å². The summed E-state index contributed by atoms with van der Waals surface area (Å²) in [5.74, 6) is 0.321. The molecule has 1 aliphatic heterocycles. The normalized spacial score (nSPS) is 20.0. The number of rotatable bonds is 2. The van der Waals surface area contributed by atoms with Crippen molar-refractivity contribution in [1.29, 1.82) is 0 Å². The maximum Gasteiger partial charge on any atom is 0.238 e. The Hall–Kier alpha value is -2.12. The van der Waals surface area contributed by atoms with Crippen LogP contribution < -0.4 is 5.32 Å². The van der Waals surface area contributed by atoms with Crippen molar-refractivity contribution in [2.24, 2.45) is 0 Å². The number of aryl methyl sites for hydroxylation is 1. The number of hydrogen-bond acceptors (Lipinski definition) is 4. The molecule has 1 aromatic carbocycles. The van der Waals surface area contributed by atoms with Crippen LogP contribution in [-0.4, -0.2) is 20.9 Å². The van der Waals surface area contributed by atoms with E-state index < -0.39 is 0 Å². The van der Waals surface area contributed by atoms with Gasteiger partial charge in [0.05, 0.1) is 21.9 Å².